The van der Waals surface area contributed by atoms with E-state index in [-0.39, 0.29) is 24.0 Å². The van der Waals surface area contributed by atoms with Crippen LogP contribution in [0.4, 0.5) is 0 Å². The summed E-state index contributed by atoms with van der Waals surface area (Å²) in [6, 6.07) is 17.7. The third kappa shape index (κ3) is 2.80. The van der Waals surface area contributed by atoms with Crippen LogP contribution in [0.25, 0.3) is 0 Å². The number of benzene rings is 2. The summed E-state index contributed by atoms with van der Waals surface area (Å²) in [6.45, 7) is 1.18. The van der Waals surface area contributed by atoms with Crippen molar-refractivity contribution in [1.82, 2.24) is 15.8 Å². The zero-order chi connectivity index (χ0) is 19.1. The van der Waals surface area contributed by atoms with E-state index in [0.717, 1.165) is 12.0 Å². The maximum absolute atomic E-state index is 13.0. The van der Waals surface area contributed by atoms with Crippen molar-refractivity contribution in [2.45, 2.75) is 36.9 Å². The number of carbonyl (C=O) groups is 2. The Kier molecular flexibility index (Phi) is 4.18. The van der Waals surface area contributed by atoms with Crippen molar-refractivity contribution in [2.75, 3.05) is 13.1 Å². The number of carbonyl (C=O) groups excluding carboxylic acids is 2. The van der Waals surface area contributed by atoms with Crippen LogP contribution in [0.3, 0.4) is 0 Å². The summed E-state index contributed by atoms with van der Waals surface area (Å²) in [5, 5.41) is 0. The predicted molar refractivity (Wildman–Crippen MR) is 103 cm³/mol. The largest absolute Gasteiger partial charge is 0.450 e. The van der Waals surface area contributed by atoms with Crippen LogP contribution in [-0.2, 0) is 15.1 Å². The van der Waals surface area contributed by atoms with E-state index in [0.29, 0.717) is 31.5 Å². The molecule has 0 saturated carbocycles. The second kappa shape index (κ2) is 6.72. The minimum absolute atomic E-state index is 0.110. The maximum atomic E-state index is 13.0. The minimum atomic E-state index is -0.571. The number of fused-ring (bicyclic) bond motifs is 2. The molecule has 6 nitrogen and oxygen atoms in total. The predicted octanol–water partition coefficient (Wildman–Crippen LogP) is 2.28. The first kappa shape index (κ1) is 17.4. The number of amides is 1. The van der Waals surface area contributed by atoms with Crippen LogP contribution in [0.5, 0.6) is 0 Å². The van der Waals surface area contributed by atoms with E-state index in [1.807, 2.05) is 47.4 Å². The van der Waals surface area contributed by atoms with Gasteiger partial charge in [-0.15, -0.1) is 0 Å². The van der Waals surface area contributed by atoms with Crippen LogP contribution in [0.15, 0.2) is 54.6 Å². The molecule has 2 aromatic carbocycles. The highest BCUT2D eigenvalue weighted by atomic mass is 16.6. The minimum Gasteiger partial charge on any atom is -0.450 e. The van der Waals surface area contributed by atoms with Crippen molar-refractivity contribution < 1.29 is 14.3 Å². The third-order valence-corrected chi connectivity index (χ3v) is 6.21. The molecule has 1 spiro atoms. The number of hydrogen-bond acceptors (Lipinski definition) is 5. The maximum Gasteiger partial charge on any atom is 0.339 e. The molecule has 2 N–H and O–H groups in total. The van der Waals surface area contributed by atoms with E-state index in [9.17, 15) is 9.59 Å². The lowest BCUT2D eigenvalue weighted by Crippen LogP contribution is -2.51. The number of ether oxygens (including phenoxy) is 1. The van der Waals surface area contributed by atoms with Gasteiger partial charge in [0.15, 0.2) is 0 Å². The first-order valence-corrected chi connectivity index (χ1v) is 9.84. The Morgan fingerprint density at radius 2 is 1.71 bits per heavy atom. The van der Waals surface area contributed by atoms with Crippen LogP contribution in [-0.4, -0.2) is 35.9 Å². The fourth-order valence-corrected chi connectivity index (χ4v) is 4.65. The fraction of sp³-hybridized carbons (Fsp3) is 0.364. The Balaban J connectivity index is 1.24. The Bertz CT molecular complexity index is 906. The molecule has 0 aliphatic carbocycles. The number of esters is 1. The van der Waals surface area contributed by atoms with E-state index in [4.69, 9.17) is 4.74 Å². The van der Waals surface area contributed by atoms with Gasteiger partial charge in [-0.1, -0.05) is 48.5 Å². The van der Waals surface area contributed by atoms with Gasteiger partial charge in [0.2, 0.25) is 5.91 Å². The van der Waals surface area contributed by atoms with Gasteiger partial charge >= 0.3 is 5.97 Å². The lowest BCUT2D eigenvalue weighted by atomic mass is 9.83. The summed E-state index contributed by atoms with van der Waals surface area (Å²) >= 11 is 0. The number of hydrogen-bond donors (Lipinski definition) is 2. The molecular formula is C22H23N3O3. The van der Waals surface area contributed by atoms with Crippen molar-refractivity contribution in [3.63, 3.8) is 0 Å². The van der Waals surface area contributed by atoms with Gasteiger partial charge in [-0.2, -0.15) is 0 Å². The van der Waals surface area contributed by atoms with Crippen molar-refractivity contribution >= 4 is 11.9 Å². The molecule has 2 atom stereocenters. The van der Waals surface area contributed by atoms with Gasteiger partial charge < -0.3 is 9.64 Å². The number of likely N-dealkylation sites (tertiary alicyclic amines) is 1. The van der Waals surface area contributed by atoms with Crippen LogP contribution in [0.2, 0.25) is 0 Å². The molecule has 144 valence electrons. The highest BCUT2D eigenvalue weighted by molar-refractivity contribution is 5.94. The molecule has 0 radical (unpaired) electrons. The van der Waals surface area contributed by atoms with Gasteiger partial charge in [0, 0.05) is 37.5 Å². The van der Waals surface area contributed by atoms with Gasteiger partial charge in [-0.25, -0.2) is 15.6 Å². The van der Waals surface area contributed by atoms with Gasteiger partial charge in [0.1, 0.15) is 11.6 Å². The SMILES string of the molecule is O=C1OC2(CCN(C(=O)C3CC(c4ccccc4)NN3)CC2)c2ccccc21. The normalized spacial score (nSPS) is 25.6. The number of rotatable bonds is 2. The molecule has 2 fully saturated rings. The molecule has 3 aliphatic heterocycles. The molecule has 0 bridgehead atoms. The third-order valence-electron chi connectivity index (χ3n) is 6.21. The topological polar surface area (TPSA) is 70.7 Å². The Morgan fingerprint density at radius 1 is 1.00 bits per heavy atom. The quantitative estimate of drug-likeness (QED) is 0.786. The van der Waals surface area contributed by atoms with Crippen molar-refractivity contribution in [2.24, 2.45) is 0 Å². The van der Waals surface area contributed by atoms with Crippen LogP contribution < -0.4 is 10.9 Å². The number of nitrogens with zero attached hydrogens (tertiary/aromatic N) is 1. The zero-order valence-corrected chi connectivity index (χ0v) is 15.6. The van der Waals surface area contributed by atoms with Gasteiger partial charge in [-0.05, 0) is 18.1 Å². The van der Waals surface area contributed by atoms with Crippen molar-refractivity contribution in [1.29, 1.82) is 0 Å². The van der Waals surface area contributed by atoms with Crippen LogP contribution in [0, 0.1) is 0 Å². The lowest BCUT2D eigenvalue weighted by Gasteiger charge is -2.39. The number of hydrazine groups is 1. The summed E-state index contributed by atoms with van der Waals surface area (Å²) in [7, 11) is 0. The summed E-state index contributed by atoms with van der Waals surface area (Å²) in [4.78, 5) is 27.1. The smallest absolute Gasteiger partial charge is 0.339 e. The molecule has 28 heavy (non-hydrogen) atoms. The molecule has 3 aliphatic rings. The molecule has 1 amide bonds. The summed E-state index contributed by atoms with van der Waals surface area (Å²) in [6.07, 6.45) is 2.01. The molecule has 0 aromatic heterocycles. The molecule has 6 heteroatoms. The molecule has 3 heterocycles. The first-order chi connectivity index (χ1) is 13.7. The summed E-state index contributed by atoms with van der Waals surface area (Å²) in [5.41, 5.74) is 8.64. The van der Waals surface area contributed by atoms with Crippen LogP contribution in [0.1, 0.15) is 46.8 Å². The molecule has 2 saturated heterocycles. The highest BCUT2D eigenvalue weighted by Crippen LogP contribution is 2.44. The van der Waals surface area contributed by atoms with Gasteiger partial charge in [-0.3, -0.25) is 4.79 Å². The number of piperidine rings is 1. The second-order valence-corrected chi connectivity index (χ2v) is 7.79. The van der Waals surface area contributed by atoms with E-state index in [1.54, 1.807) is 0 Å². The van der Waals surface area contributed by atoms with Crippen LogP contribution >= 0.6 is 0 Å². The first-order valence-electron chi connectivity index (χ1n) is 9.84. The van der Waals surface area contributed by atoms with Gasteiger partial charge in [0.25, 0.3) is 0 Å². The molecule has 2 unspecified atom stereocenters. The van der Waals surface area contributed by atoms with E-state index >= 15 is 0 Å². The summed E-state index contributed by atoms with van der Waals surface area (Å²) < 4.78 is 5.78. The summed E-state index contributed by atoms with van der Waals surface area (Å²) in [5.74, 6) is -0.138. The highest BCUT2D eigenvalue weighted by Gasteiger charge is 2.48. The lowest BCUT2D eigenvalue weighted by molar-refractivity contribution is -0.137. The van der Waals surface area contributed by atoms with E-state index in [2.05, 4.69) is 23.0 Å². The molecule has 2 aromatic rings. The zero-order valence-electron chi connectivity index (χ0n) is 15.6. The standard InChI is InChI=1S/C22H23N3O3/c26-20(19-14-18(23-24-19)15-6-2-1-3-7-15)25-12-10-22(11-13-25)17-9-5-4-8-16(17)21(27)28-22/h1-9,18-19,23-24H,10-14H2. The Morgan fingerprint density at radius 3 is 2.50 bits per heavy atom. The van der Waals surface area contributed by atoms with Crippen molar-refractivity contribution in [3.05, 3.63) is 71.3 Å². The number of nitrogens with one attached hydrogen (secondary N) is 2. The fourth-order valence-electron chi connectivity index (χ4n) is 4.65. The van der Waals surface area contributed by atoms with E-state index < -0.39 is 5.60 Å². The average Bonchev–Trinajstić information content (AvgIpc) is 3.34. The van der Waals surface area contributed by atoms with Gasteiger partial charge in [0.05, 0.1) is 5.56 Å². The Hall–Kier alpha value is -2.70. The monoisotopic (exact) mass is 377 g/mol. The Labute approximate surface area is 163 Å². The second-order valence-electron chi connectivity index (χ2n) is 7.79. The van der Waals surface area contributed by atoms with Crippen molar-refractivity contribution in [3.8, 4) is 0 Å². The molecular weight excluding hydrogens is 354 g/mol. The van der Waals surface area contributed by atoms with E-state index in [1.165, 1.54) is 5.56 Å². The molecule has 5 rings (SSSR count). The average molecular weight is 377 g/mol.